The first-order chi connectivity index (χ1) is 6.43. The van der Waals surface area contributed by atoms with Gasteiger partial charge in [-0.25, -0.2) is 0 Å². The van der Waals surface area contributed by atoms with E-state index in [1.54, 1.807) is 0 Å². The average Bonchev–Trinajstić information content (AvgIpc) is 2.93. The molecule has 1 saturated heterocycles. The Kier molecular flexibility index (Phi) is 6.21. The van der Waals surface area contributed by atoms with Gasteiger partial charge in [-0.15, -0.1) is 0 Å². The molecule has 0 aliphatic carbocycles. The SMILES string of the molecule is CCCCCCNCCCN1CC1. The minimum Gasteiger partial charge on any atom is -0.317 e. The molecule has 0 aromatic carbocycles. The Morgan fingerprint density at radius 3 is 2.46 bits per heavy atom. The first-order valence-electron chi connectivity index (χ1n) is 5.86. The van der Waals surface area contributed by atoms with Crippen molar-refractivity contribution in [1.82, 2.24) is 10.2 Å². The van der Waals surface area contributed by atoms with Crippen LogP contribution >= 0.6 is 0 Å². The van der Waals surface area contributed by atoms with Gasteiger partial charge in [-0.1, -0.05) is 26.2 Å². The summed E-state index contributed by atoms with van der Waals surface area (Å²) >= 11 is 0. The van der Waals surface area contributed by atoms with Crippen molar-refractivity contribution in [3.05, 3.63) is 0 Å². The summed E-state index contributed by atoms with van der Waals surface area (Å²) in [7, 11) is 0. The predicted molar refractivity (Wildman–Crippen MR) is 58.1 cm³/mol. The van der Waals surface area contributed by atoms with Gasteiger partial charge < -0.3 is 10.2 Å². The lowest BCUT2D eigenvalue weighted by Gasteiger charge is -2.04. The van der Waals surface area contributed by atoms with Gasteiger partial charge in [-0.2, -0.15) is 0 Å². The van der Waals surface area contributed by atoms with Gasteiger partial charge in [0, 0.05) is 13.1 Å². The van der Waals surface area contributed by atoms with Crippen LogP contribution in [0, 0.1) is 0 Å². The van der Waals surface area contributed by atoms with Crippen molar-refractivity contribution in [1.29, 1.82) is 0 Å². The van der Waals surface area contributed by atoms with Crippen LogP contribution in [-0.4, -0.2) is 37.6 Å². The molecule has 1 aliphatic rings. The zero-order chi connectivity index (χ0) is 9.36. The molecule has 0 amide bonds. The molecule has 1 rings (SSSR count). The Labute approximate surface area is 82.7 Å². The van der Waals surface area contributed by atoms with E-state index in [1.807, 2.05) is 0 Å². The molecule has 0 aromatic heterocycles. The normalized spacial score (nSPS) is 16.4. The first-order valence-corrected chi connectivity index (χ1v) is 5.86. The lowest BCUT2D eigenvalue weighted by atomic mass is 10.2. The summed E-state index contributed by atoms with van der Waals surface area (Å²) in [5.74, 6) is 0. The summed E-state index contributed by atoms with van der Waals surface area (Å²) in [4.78, 5) is 2.48. The zero-order valence-electron chi connectivity index (χ0n) is 9.02. The Morgan fingerprint density at radius 2 is 1.77 bits per heavy atom. The van der Waals surface area contributed by atoms with Crippen molar-refractivity contribution in [2.75, 3.05) is 32.7 Å². The Morgan fingerprint density at radius 1 is 1.00 bits per heavy atom. The fourth-order valence-corrected chi connectivity index (χ4v) is 1.52. The number of nitrogens with one attached hydrogen (secondary N) is 1. The van der Waals surface area contributed by atoms with Crippen LogP contribution in [0.4, 0.5) is 0 Å². The van der Waals surface area contributed by atoms with Crippen molar-refractivity contribution in [3.63, 3.8) is 0 Å². The molecular weight excluding hydrogens is 160 g/mol. The number of rotatable bonds is 9. The maximum absolute atomic E-state index is 3.50. The highest BCUT2D eigenvalue weighted by Gasteiger charge is 2.14. The van der Waals surface area contributed by atoms with E-state index in [9.17, 15) is 0 Å². The molecule has 0 aromatic rings. The molecule has 0 radical (unpaired) electrons. The largest absolute Gasteiger partial charge is 0.317 e. The number of hydrogen-bond acceptors (Lipinski definition) is 2. The third kappa shape index (κ3) is 7.03. The van der Waals surface area contributed by atoms with Gasteiger partial charge in [0.05, 0.1) is 0 Å². The van der Waals surface area contributed by atoms with Crippen molar-refractivity contribution < 1.29 is 0 Å². The molecule has 2 heteroatoms. The quantitative estimate of drug-likeness (QED) is 0.434. The number of hydrogen-bond donors (Lipinski definition) is 1. The van der Waals surface area contributed by atoms with E-state index in [4.69, 9.17) is 0 Å². The predicted octanol–water partition coefficient (Wildman–Crippen LogP) is 1.86. The molecule has 13 heavy (non-hydrogen) atoms. The van der Waals surface area contributed by atoms with Crippen LogP contribution in [0.15, 0.2) is 0 Å². The molecule has 0 saturated carbocycles. The molecule has 2 nitrogen and oxygen atoms in total. The van der Waals surface area contributed by atoms with Crippen molar-refractivity contribution >= 4 is 0 Å². The van der Waals surface area contributed by atoms with Gasteiger partial charge in [-0.3, -0.25) is 0 Å². The number of nitrogens with zero attached hydrogens (tertiary/aromatic N) is 1. The zero-order valence-corrected chi connectivity index (χ0v) is 9.02. The van der Waals surface area contributed by atoms with E-state index in [-0.39, 0.29) is 0 Å². The Hall–Kier alpha value is -0.0800. The highest BCUT2D eigenvalue weighted by molar-refractivity contribution is 4.71. The summed E-state index contributed by atoms with van der Waals surface area (Å²) in [5.41, 5.74) is 0. The standard InChI is InChI=1S/C11H24N2/c1-2-3-4-5-7-12-8-6-9-13-10-11-13/h12H,2-11H2,1H3. The van der Waals surface area contributed by atoms with E-state index < -0.39 is 0 Å². The molecular formula is C11H24N2. The summed E-state index contributed by atoms with van der Waals surface area (Å²) in [5, 5.41) is 3.50. The van der Waals surface area contributed by atoms with Gasteiger partial charge in [0.25, 0.3) is 0 Å². The second kappa shape index (κ2) is 7.34. The minimum atomic E-state index is 1.21. The number of unbranched alkanes of at least 4 members (excludes halogenated alkanes) is 3. The van der Waals surface area contributed by atoms with Crippen LogP contribution < -0.4 is 5.32 Å². The third-order valence-corrected chi connectivity index (χ3v) is 2.57. The van der Waals surface area contributed by atoms with E-state index in [0.29, 0.717) is 0 Å². The van der Waals surface area contributed by atoms with E-state index in [1.165, 1.54) is 64.8 Å². The molecule has 1 heterocycles. The molecule has 0 atom stereocenters. The fourth-order valence-electron chi connectivity index (χ4n) is 1.52. The smallest absolute Gasteiger partial charge is 0.0110 e. The van der Waals surface area contributed by atoms with E-state index in [2.05, 4.69) is 17.1 Å². The molecule has 0 unspecified atom stereocenters. The third-order valence-electron chi connectivity index (χ3n) is 2.57. The second-order valence-electron chi connectivity index (χ2n) is 4.01. The molecule has 78 valence electrons. The Balaban J connectivity index is 1.63. The average molecular weight is 184 g/mol. The molecule has 1 fully saturated rings. The van der Waals surface area contributed by atoms with Gasteiger partial charge in [0.15, 0.2) is 0 Å². The summed E-state index contributed by atoms with van der Waals surface area (Å²) < 4.78 is 0. The summed E-state index contributed by atoms with van der Waals surface area (Å²) in [6.45, 7) is 8.69. The molecule has 1 aliphatic heterocycles. The van der Waals surface area contributed by atoms with Gasteiger partial charge in [-0.05, 0) is 32.5 Å². The maximum atomic E-state index is 3.50. The van der Waals surface area contributed by atoms with E-state index >= 15 is 0 Å². The van der Waals surface area contributed by atoms with Crippen LogP contribution in [0.1, 0.15) is 39.0 Å². The Bertz CT molecular complexity index is 111. The molecule has 0 spiro atoms. The van der Waals surface area contributed by atoms with Crippen LogP contribution in [-0.2, 0) is 0 Å². The minimum absolute atomic E-state index is 1.21. The summed E-state index contributed by atoms with van der Waals surface area (Å²) in [6.07, 6.45) is 6.82. The fraction of sp³-hybridized carbons (Fsp3) is 1.00. The van der Waals surface area contributed by atoms with Crippen LogP contribution in [0.5, 0.6) is 0 Å². The van der Waals surface area contributed by atoms with Crippen LogP contribution in [0.2, 0.25) is 0 Å². The second-order valence-corrected chi connectivity index (χ2v) is 4.01. The van der Waals surface area contributed by atoms with Crippen LogP contribution in [0.25, 0.3) is 0 Å². The van der Waals surface area contributed by atoms with Gasteiger partial charge in [0.2, 0.25) is 0 Å². The molecule has 1 N–H and O–H groups in total. The van der Waals surface area contributed by atoms with Crippen molar-refractivity contribution in [3.8, 4) is 0 Å². The van der Waals surface area contributed by atoms with Crippen molar-refractivity contribution in [2.45, 2.75) is 39.0 Å². The van der Waals surface area contributed by atoms with Crippen molar-refractivity contribution in [2.24, 2.45) is 0 Å². The van der Waals surface area contributed by atoms with Gasteiger partial charge >= 0.3 is 0 Å². The lowest BCUT2D eigenvalue weighted by molar-refractivity contribution is 0.506. The van der Waals surface area contributed by atoms with Gasteiger partial charge in [0.1, 0.15) is 0 Å². The van der Waals surface area contributed by atoms with E-state index in [0.717, 1.165) is 0 Å². The maximum Gasteiger partial charge on any atom is 0.0110 e. The summed E-state index contributed by atoms with van der Waals surface area (Å²) in [6, 6.07) is 0. The highest BCUT2D eigenvalue weighted by atomic mass is 15.2. The van der Waals surface area contributed by atoms with Crippen LogP contribution in [0.3, 0.4) is 0 Å². The molecule has 0 bridgehead atoms. The lowest BCUT2D eigenvalue weighted by Crippen LogP contribution is -2.19. The first kappa shape index (κ1) is 11.0. The highest BCUT2D eigenvalue weighted by Crippen LogP contribution is 2.02. The topological polar surface area (TPSA) is 15.0 Å². The monoisotopic (exact) mass is 184 g/mol.